The molecule has 0 unspecified atom stereocenters. The van der Waals surface area contributed by atoms with Crippen LogP contribution in [0.1, 0.15) is 33.5 Å². The number of amides is 1. The molecule has 0 atom stereocenters. The van der Waals surface area contributed by atoms with Gasteiger partial charge in [-0.25, -0.2) is 4.39 Å². The van der Waals surface area contributed by atoms with E-state index >= 15 is 0 Å². The molecule has 4 rings (SSSR count). The highest BCUT2D eigenvalue weighted by atomic mass is 19.4. The number of aliphatic carboxylic acids is 1. The fraction of sp³-hybridized carbons (Fsp3) is 0.231. The Morgan fingerprint density at radius 3 is 2.36 bits per heavy atom. The summed E-state index contributed by atoms with van der Waals surface area (Å²) in [7, 11) is 0. The molecule has 0 aliphatic carbocycles. The van der Waals surface area contributed by atoms with Gasteiger partial charge < -0.3 is 19.5 Å². The van der Waals surface area contributed by atoms with Crippen molar-refractivity contribution in [3.63, 3.8) is 0 Å². The van der Waals surface area contributed by atoms with Crippen LogP contribution >= 0.6 is 0 Å². The number of fused-ring (bicyclic) bond motifs is 1. The van der Waals surface area contributed by atoms with Gasteiger partial charge in [0.1, 0.15) is 23.9 Å². The molecule has 3 aromatic carbocycles. The SMILES string of the molecule is O=C(O)CCc1ccc(OCc2cccc3c2N(C(=O)c2ccc(OC(F)(F)F)cc2)CC3)cc1F. The van der Waals surface area contributed by atoms with Crippen molar-refractivity contribution >= 4 is 17.6 Å². The van der Waals surface area contributed by atoms with Crippen LogP contribution in [0.25, 0.3) is 0 Å². The average molecular weight is 503 g/mol. The molecule has 0 spiro atoms. The van der Waals surface area contributed by atoms with E-state index in [9.17, 15) is 27.2 Å². The van der Waals surface area contributed by atoms with E-state index in [4.69, 9.17) is 9.84 Å². The summed E-state index contributed by atoms with van der Waals surface area (Å²) < 4.78 is 61.2. The van der Waals surface area contributed by atoms with Gasteiger partial charge in [-0.2, -0.15) is 0 Å². The van der Waals surface area contributed by atoms with Crippen molar-refractivity contribution in [3.8, 4) is 11.5 Å². The average Bonchev–Trinajstić information content (AvgIpc) is 3.26. The maximum Gasteiger partial charge on any atom is 0.573 e. The maximum absolute atomic E-state index is 14.3. The number of carbonyl (C=O) groups excluding carboxylic acids is 1. The summed E-state index contributed by atoms with van der Waals surface area (Å²) in [5.74, 6) is -2.13. The largest absolute Gasteiger partial charge is 0.573 e. The van der Waals surface area contributed by atoms with Crippen molar-refractivity contribution in [2.45, 2.75) is 32.2 Å². The molecule has 0 saturated heterocycles. The Balaban J connectivity index is 1.48. The zero-order valence-electron chi connectivity index (χ0n) is 18.8. The van der Waals surface area contributed by atoms with Gasteiger partial charge >= 0.3 is 12.3 Å². The predicted octanol–water partition coefficient (Wildman–Crippen LogP) is 5.52. The van der Waals surface area contributed by atoms with Crippen molar-refractivity contribution in [2.24, 2.45) is 0 Å². The molecule has 0 fully saturated rings. The number of carboxylic acids is 1. The number of aryl methyl sites for hydroxylation is 1. The van der Waals surface area contributed by atoms with Gasteiger partial charge in [0, 0.05) is 30.2 Å². The molecular formula is C26H21F4NO5. The first-order valence-corrected chi connectivity index (χ1v) is 11.0. The zero-order valence-corrected chi connectivity index (χ0v) is 18.8. The molecular weight excluding hydrogens is 482 g/mol. The van der Waals surface area contributed by atoms with Crippen LogP contribution in [0.15, 0.2) is 60.7 Å². The monoisotopic (exact) mass is 503 g/mol. The number of halogens is 4. The molecule has 10 heteroatoms. The van der Waals surface area contributed by atoms with Crippen LogP contribution in [-0.2, 0) is 24.2 Å². The van der Waals surface area contributed by atoms with Crippen molar-refractivity contribution in [2.75, 3.05) is 11.4 Å². The summed E-state index contributed by atoms with van der Waals surface area (Å²) in [6.45, 7) is 0.429. The minimum absolute atomic E-state index is 0.0409. The summed E-state index contributed by atoms with van der Waals surface area (Å²) in [4.78, 5) is 25.4. The van der Waals surface area contributed by atoms with Gasteiger partial charge in [0.25, 0.3) is 5.91 Å². The highest BCUT2D eigenvalue weighted by Crippen LogP contribution is 2.34. The minimum atomic E-state index is -4.82. The highest BCUT2D eigenvalue weighted by Gasteiger charge is 2.32. The third kappa shape index (κ3) is 5.94. The van der Waals surface area contributed by atoms with E-state index in [1.807, 2.05) is 12.1 Å². The van der Waals surface area contributed by atoms with Crippen molar-refractivity contribution in [1.29, 1.82) is 0 Å². The number of hydrogen-bond donors (Lipinski definition) is 1. The third-order valence-electron chi connectivity index (χ3n) is 5.68. The first-order chi connectivity index (χ1) is 17.1. The third-order valence-corrected chi connectivity index (χ3v) is 5.68. The lowest BCUT2D eigenvalue weighted by Crippen LogP contribution is -2.29. The van der Waals surface area contributed by atoms with E-state index in [1.165, 1.54) is 24.3 Å². The Kier molecular flexibility index (Phi) is 7.14. The fourth-order valence-electron chi connectivity index (χ4n) is 4.03. The van der Waals surface area contributed by atoms with E-state index in [2.05, 4.69) is 4.74 Å². The number of rotatable bonds is 8. The first kappa shape index (κ1) is 25.0. The van der Waals surface area contributed by atoms with E-state index in [0.29, 0.717) is 24.2 Å². The molecule has 6 nitrogen and oxygen atoms in total. The molecule has 0 radical (unpaired) electrons. The Morgan fingerprint density at radius 1 is 0.972 bits per heavy atom. The number of ether oxygens (including phenoxy) is 2. The lowest BCUT2D eigenvalue weighted by Gasteiger charge is -2.21. The Bertz CT molecular complexity index is 1270. The van der Waals surface area contributed by atoms with E-state index in [0.717, 1.165) is 17.7 Å². The molecule has 3 aromatic rings. The lowest BCUT2D eigenvalue weighted by molar-refractivity contribution is -0.274. The second kappa shape index (κ2) is 10.3. The van der Waals surface area contributed by atoms with E-state index in [1.54, 1.807) is 17.0 Å². The molecule has 1 heterocycles. The topological polar surface area (TPSA) is 76.1 Å². The number of para-hydroxylation sites is 1. The maximum atomic E-state index is 14.3. The zero-order chi connectivity index (χ0) is 25.9. The molecule has 188 valence electrons. The number of nitrogens with zero attached hydrogens (tertiary/aromatic N) is 1. The van der Waals surface area contributed by atoms with Crippen LogP contribution in [0, 0.1) is 5.82 Å². The van der Waals surface area contributed by atoms with Crippen molar-refractivity contribution < 1.29 is 41.7 Å². The molecule has 1 aliphatic rings. The molecule has 1 amide bonds. The van der Waals surface area contributed by atoms with Gasteiger partial charge in [-0.05, 0) is 54.3 Å². The Hall–Kier alpha value is -4.08. The normalized spacial score (nSPS) is 12.8. The van der Waals surface area contributed by atoms with Gasteiger partial charge in [-0.3, -0.25) is 9.59 Å². The van der Waals surface area contributed by atoms with Crippen LogP contribution in [-0.4, -0.2) is 29.9 Å². The summed E-state index contributed by atoms with van der Waals surface area (Å²) in [5.41, 5.74) is 2.72. The highest BCUT2D eigenvalue weighted by molar-refractivity contribution is 6.07. The smallest absolute Gasteiger partial charge is 0.489 e. The van der Waals surface area contributed by atoms with Gasteiger partial charge in [0.05, 0.1) is 5.69 Å². The summed E-state index contributed by atoms with van der Waals surface area (Å²) in [6.07, 6.45) is -4.35. The van der Waals surface area contributed by atoms with Crippen LogP contribution in [0.2, 0.25) is 0 Å². The molecule has 0 aromatic heterocycles. The number of hydrogen-bond acceptors (Lipinski definition) is 4. The Labute approximate surface area is 203 Å². The number of benzene rings is 3. The van der Waals surface area contributed by atoms with Crippen molar-refractivity contribution in [3.05, 3.63) is 88.7 Å². The second-order valence-electron chi connectivity index (χ2n) is 8.14. The van der Waals surface area contributed by atoms with E-state index in [-0.39, 0.29) is 42.2 Å². The summed E-state index contributed by atoms with van der Waals surface area (Å²) in [6, 6.07) is 14.4. The molecule has 0 saturated carbocycles. The summed E-state index contributed by atoms with van der Waals surface area (Å²) in [5, 5.41) is 8.77. The molecule has 36 heavy (non-hydrogen) atoms. The second-order valence-corrected chi connectivity index (χ2v) is 8.14. The summed E-state index contributed by atoms with van der Waals surface area (Å²) >= 11 is 0. The first-order valence-electron chi connectivity index (χ1n) is 11.0. The van der Waals surface area contributed by atoms with Gasteiger partial charge in [0.15, 0.2) is 0 Å². The van der Waals surface area contributed by atoms with Crippen LogP contribution in [0.5, 0.6) is 11.5 Å². The Morgan fingerprint density at radius 2 is 1.69 bits per heavy atom. The standard InChI is InChI=1S/C26H21F4NO5/c27-22-14-21(10-4-16(22)7-11-23(32)33)35-15-19-3-1-2-17-12-13-31(24(17)19)25(34)18-5-8-20(9-6-18)36-26(28,29)30/h1-6,8-10,14H,7,11-13,15H2,(H,32,33). The predicted molar refractivity (Wildman–Crippen MR) is 122 cm³/mol. The number of carboxylic acid groups (broad SMARTS) is 1. The van der Waals surface area contributed by atoms with Crippen LogP contribution < -0.4 is 14.4 Å². The number of carbonyl (C=O) groups is 2. The number of anilines is 1. The van der Waals surface area contributed by atoms with Crippen LogP contribution in [0.3, 0.4) is 0 Å². The number of alkyl halides is 3. The molecule has 1 N–H and O–H groups in total. The van der Waals surface area contributed by atoms with Gasteiger partial charge in [-0.1, -0.05) is 24.3 Å². The lowest BCUT2D eigenvalue weighted by atomic mass is 10.1. The fourth-order valence-corrected chi connectivity index (χ4v) is 4.03. The quantitative estimate of drug-likeness (QED) is 0.410. The van der Waals surface area contributed by atoms with Crippen molar-refractivity contribution in [1.82, 2.24) is 0 Å². The minimum Gasteiger partial charge on any atom is -0.489 e. The molecule has 1 aliphatic heterocycles. The van der Waals surface area contributed by atoms with Crippen LogP contribution in [0.4, 0.5) is 23.2 Å². The molecule has 0 bridgehead atoms. The van der Waals surface area contributed by atoms with Gasteiger partial charge in [-0.15, -0.1) is 13.2 Å². The van der Waals surface area contributed by atoms with Gasteiger partial charge in [0.2, 0.25) is 0 Å². The van der Waals surface area contributed by atoms with E-state index < -0.39 is 23.9 Å².